The molecule has 6 aromatic carbocycles. The minimum atomic E-state index is -2.72. The van der Waals surface area contributed by atoms with Crippen molar-refractivity contribution in [2.24, 2.45) is 0 Å². The van der Waals surface area contributed by atoms with Gasteiger partial charge in [0.25, 0.3) is 0 Å². The Kier molecular flexibility index (Phi) is 6.69. The van der Waals surface area contributed by atoms with Crippen molar-refractivity contribution < 1.29 is 9.47 Å². The Balaban J connectivity index is 1.35. The maximum Gasteiger partial charge on any atom is 0.188 e. The lowest BCUT2D eigenvalue weighted by Crippen LogP contribution is -2.79. The van der Waals surface area contributed by atoms with Crippen molar-refractivity contribution in [3.63, 3.8) is 0 Å². The normalized spacial score (nSPS) is 13.8. The van der Waals surface area contributed by atoms with Gasteiger partial charge in [-0.05, 0) is 80.4 Å². The molecule has 2 aliphatic heterocycles. The molecule has 0 atom stereocenters. The molecule has 45 heavy (non-hydrogen) atoms. The number of ether oxygens (including phenoxy) is 2. The number of rotatable bonds is 6. The SMILES string of the molecule is COc1ccc(CN2c3ccccc3[Si]3(c4ccccc42)c2ccccc2N(Cc2ccc(OC)cc2)c2ccccc23)cc1. The second-order valence-electron chi connectivity index (χ2n) is 11.7. The third-order valence-electron chi connectivity index (χ3n) is 9.39. The molecule has 1 spiro atoms. The summed E-state index contributed by atoms with van der Waals surface area (Å²) in [7, 11) is 0.710. The number of para-hydroxylation sites is 4. The molecular weight excluding hydrogens is 569 g/mol. The van der Waals surface area contributed by atoms with E-state index < -0.39 is 8.07 Å². The Morgan fingerprint density at radius 3 is 0.978 bits per heavy atom. The number of nitrogens with zero attached hydrogens (tertiary/aromatic N) is 2. The Morgan fingerprint density at radius 2 is 0.689 bits per heavy atom. The number of benzene rings is 6. The zero-order valence-corrected chi connectivity index (χ0v) is 26.5. The third kappa shape index (κ3) is 4.26. The summed E-state index contributed by atoms with van der Waals surface area (Å²) in [5.74, 6) is 1.75. The second kappa shape index (κ2) is 11.0. The third-order valence-corrected chi connectivity index (χ3v) is 14.3. The lowest BCUT2D eigenvalue weighted by molar-refractivity contribution is 0.414. The van der Waals surface area contributed by atoms with Crippen molar-refractivity contribution in [1.29, 1.82) is 0 Å². The summed E-state index contributed by atoms with van der Waals surface area (Å²) in [6, 6.07) is 53.4. The smallest absolute Gasteiger partial charge is 0.188 e. The van der Waals surface area contributed by atoms with E-state index >= 15 is 0 Å². The highest BCUT2D eigenvalue weighted by Crippen LogP contribution is 2.39. The maximum absolute atomic E-state index is 5.45. The van der Waals surface area contributed by atoms with Crippen LogP contribution >= 0.6 is 0 Å². The molecule has 0 unspecified atom stereocenters. The van der Waals surface area contributed by atoms with Crippen molar-refractivity contribution in [3.05, 3.63) is 157 Å². The van der Waals surface area contributed by atoms with Crippen LogP contribution in [0.4, 0.5) is 22.7 Å². The van der Waals surface area contributed by atoms with Gasteiger partial charge in [0, 0.05) is 35.8 Å². The summed E-state index contributed by atoms with van der Waals surface area (Å²) in [4.78, 5) is 5.03. The maximum atomic E-state index is 5.45. The summed E-state index contributed by atoms with van der Waals surface area (Å²) < 4.78 is 10.9. The Hall–Kier alpha value is -5.26. The highest BCUT2D eigenvalue weighted by atomic mass is 28.3. The van der Waals surface area contributed by atoms with Gasteiger partial charge in [0.15, 0.2) is 8.07 Å². The number of methoxy groups -OCH3 is 2. The van der Waals surface area contributed by atoms with Crippen LogP contribution in [0.25, 0.3) is 0 Å². The van der Waals surface area contributed by atoms with Crippen LogP contribution in [0.3, 0.4) is 0 Å². The van der Waals surface area contributed by atoms with E-state index in [1.807, 2.05) is 0 Å². The molecule has 2 aliphatic rings. The van der Waals surface area contributed by atoms with E-state index in [-0.39, 0.29) is 0 Å². The lowest BCUT2D eigenvalue weighted by Gasteiger charge is -2.50. The molecule has 4 nitrogen and oxygen atoms in total. The molecule has 0 saturated carbocycles. The standard InChI is InChI=1S/C40H34N2O2Si/c1-43-31-23-19-29(20-24-31)27-41-33-11-3-7-15-37(33)45(38-16-8-4-12-34(38)41)39-17-9-5-13-35(39)42(36-14-6-10-18-40(36)45)28-30-21-25-32(44-2)26-22-30/h3-26H,27-28H2,1-2H3. The van der Waals surface area contributed by atoms with Crippen LogP contribution in [0.15, 0.2) is 146 Å². The molecule has 2 heterocycles. The van der Waals surface area contributed by atoms with Crippen LogP contribution in [0.1, 0.15) is 11.1 Å². The fourth-order valence-corrected chi connectivity index (χ4v) is 12.9. The highest BCUT2D eigenvalue weighted by molar-refractivity contribution is 7.22. The molecule has 220 valence electrons. The average Bonchev–Trinajstić information content (AvgIpc) is 3.11. The zero-order valence-electron chi connectivity index (χ0n) is 25.5. The first-order chi connectivity index (χ1) is 22.2. The molecule has 0 N–H and O–H groups in total. The van der Waals surface area contributed by atoms with Gasteiger partial charge in [-0.1, -0.05) is 97.1 Å². The quantitative estimate of drug-likeness (QED) is 0.207. The first kappa shape index (κ1) is 27.3. The van der Waals surface area contributed by atoms with Gasteiger partial charge in [0.05, 0.1) is 14.2 Å². The van der Waals surface area contributed by atoms with Crippen LogP contribution in [0, 0.1) is 0 Å². The van der Waals surface area contributed by atoms with Gasteiger partial charge in [-0.25, -0.2) is 0 Å². The molecule has 0 saturated heterocycles. The van der Waals surface area contributed by atoms with Gasteiger partial charge in [-0.2, -0.15) is 0 Å². The molecule has 0 amide bonds. The van der Waals surface area contributed by atoms with E-state index in [4.69, 9.17) is 9.47 Å². The van der Waals surface area contributed by atoms with E-state index in [2.05, 4.69) is 155 Å². The van der Waals surface area contributed by atoms with E-state index in [9.17, 15) is 0 Å². The molecule has 6 aromatic rings. The van der Waals surface area contributed by atoms with Gasteiger partial charge < -0.3 is 19.3 Å². The van der Waals surface area contributed by atoms with Crippen LogP contribution < -0.4 is 40.0 Å². The van der Waals surface area contributed by atoms with Crippen LogP contribution in [-0.4, -0.2) is 22.3 Å². The van der Waals surface area contributed by atoms with Gasteiger partial charge >= 0.3 is 0 Å². The summed E-state index contributed by atoms with van der Waals surface area (Å²) in [6.07, 6.45) is 0. The average molecular weight is 603 g/mol. The van der Waals surface area contributed by atoms with Gasteiger partial charge in [0.1, 0.15) is 11.5 Å². The van der Waals surface area contributed by atoms with E-state index in [0.717, 1.165) is 24.6 Å². The van der Waals surface area contributed by atoms with Crippen LogP contribution in [-0.2, 0) is 13.1 Å². The molecule has 0 fully saturated rings. The topological polar surface area (TPSA) is 24.9 Å². The Bertz CT molecular complexity index is 1760. The molecule has 5 heteroatoms. The molecule has 0 aromatic heterocycles. The second-order valence-corrected chi connectivity index (χ2v) is 15.3. The van der Waals surface area contributed by atoms with E-state index in [1.165, 1.54) is 54.6 Å². The molecule has 0 aliphatic carbocycles. The van der Waals surface area contributed by atoms with Crippen molar-refractivity contribution in [2.75, 3.05) is 24.0 Å². The summed E-state index contributed by atoms with van der Waals surface area (Å²) >= 11 is 0. The first-order valence-corrected chi connectivity index (χ1v) is 17.4. The van der Waals surface area contributed by atoms with Crippen molar-refractivity contribution in [3.8, 4) is 11.5 Å². The predicted octanol–water partition coefficient (Wildman–Crippen LogP) is 6.38. The lowest BCUT2D eigenvalue weighted by atomic mass is 10.1. The molecule has 0 radical (unpaired) electrons. The fourth-order valence-electron chi connectivity index (χ4n) is 7.40. The van der Waals surface area contributed by atoms with Gasteiger partial charge in [0.2, 0.25) is 0 Å². The fraction of sp³-hybridized carbons (Fsp3) is 0.100. The highest BCUT2D eigenvalue weighted by Gasteiger charge is 2.53. The number of fused-ring (bicyclic) bond motifs is 8. The van der Waals surface area contributed by atoms with Crippen LogP contribution in [0.5, 0.6) is 11.5 Å². The minimum Gasteiger partial charge on any atom is -0.497 e. The van der Waals surface area contributed by atoms with Gasteiger partial charge in [-0.3, -0.25) is 0 Å². The first-order valence-electron chi connectivity index (χ1n) is 15.4. The van der Waals surface area contributed by atoms with E-state index in [0.29, 0.717) is 0 Å². The summed E-state index contributed by atoms with van der Waals surface area (Å²) in [5, 5.41) is 5.73. The minimum absolute atomic E-state index is 0.773. The number of hydrogen-bond acceptors (Lipinski definition) is 4. The monoisotopic (exact) mass is 602 g/mol. The van der Waals surface area contributed by atoms with Gasteiger partial charge in [-0.15, -0.1) is 0 Å². The Labute approximate surface area is 265 Å². The van der Waals surface area contributed by atoms with Crippen molar-refractivity contribution in [1.82, 2.24) is 0 Å². The molecular formula is C40H34N2O2Si. The zero-order chi connectivity index (χ0) is 30.4. The molecule has 0 bridgehead atoms. The van der Waals surface area contributed by atoms with Crippen molar-refractivity contribution >= 4 is 51.6 Å². The largest absolute Gasteiger partial charge is 0.497 e. The number of hydrogen-bond donors (Lipinski definition) is 0. The van der Waals surface area contributed by atoms with E-state index in [1.54, 1.807) is 14.2 Å². The summed E-state index contributed by atoms with van der Waals surface area (Å²) in [6.45, 7) is 1.55. The Morgan fingerprint density at radius 1 is 0.400 bits per heavy atom. The van der Waals surface area contributed by atoms with Crippen LogP contribution in [0.2, 0.25) is 0 Å². The van der Waals surface area contributed by atoms with Crippen molar-refractivity contribution in [2.45, 2.75) is 13.1 Å². The predicted molar refractivity (Wildman–Crippen MR) is 188 cm³/mol. The number of anilines is 4. The summed E-state index contributed by atoms with van der Waals surface area (Å²) in [5.41, 5.74) is 7.62. The molecule has 8 rings (SSSR count).